The molecule has 1 aliphatic heterocycles. The second-order valence-electron chi connectivity index (χ2n) is 4.81. The fourth-order valence-corrected chi connectivity index (χ4v) is 2.08. The Balaban J connectivity index is 2.19. The molecule has 1 aliphatic rings. The summed E-state index contributed by atoms with van der Waals surface area (Å²) in [6, 6.07) is 0.450. The number of likely N-dealkylation sites (tertiary alicyclic amines) is 1. The van der Waals surface area contributed by atoms with E-state index in [0.717, 1.165) is 6.54 Å². The van der Waals surface area contributed by atoms with Gasteiger partial charge in [-0.15, -0.1) is 0 Å². The lowest BCUT2D eigenvalue weighted by molar-refractivity contribution is 0.229. The largest absolute Gasteiger partial charge is 0.328 e. The average Bonchev–Trinajstić information content (AvgIpc) is 2.22. The molecule has 15 heavy (non-hydrogen) atoms. The summed E-state index contributed by atoms with van der Waals surface area (Å²) < 4.78 is 0. The molecule has 0 spiro atoms. The third kappa shape index (κ3) is 5.33. The normalized spacial score (nSPS) is 20.9. The molecule has 1 fully saturated rings. The third-order valence-corrected chi connectivity index (χ3v) is 3.16. The van der Waals surface area contributed by atoms with Crippen LogP contribution in [0.5, 0.6) is 0 Å². The molecule has 0 unspecified atom stereocenters. The van der Waals surface area contributed by atoms with Gasteiger partial charge in [0.15, 0.2) is 0 Å². The fraction of sp³-hybridized carbons (Fsp3) is 0.846. The number of piperidine rings is 1. The number of allylic oxidation sites excluding steroid dienone is 1. The molecule has 2 N–H and O–H groups in total. The zero-order chi connectivity index (χ0) is 11.1. The van der Waals surface area contributed by atoms with Crippen LogP contribution in [0.1, 0.15) is 46.0 Å². The molecule has 1 heterocycles. The Morgan fingerprint density at radius 1 is 1.40 bits per heavy atom. The zero-order valence-corrected chi connectivity index (χ0v) is 10.3. The summed E-state index contributed by atoms with van der Waals surface area (Å²) in [7, 11) is 0. The van der Waals surface area contributed by atoms with Gasteiger partial charge in [0.2, 0.25) is 0 Å². The molecule has 0 bridgehead atoms. The van der Waals surface area contributed by atoms with Crippen LogP contribution in [0.25, 0.3) is 0 Å². The highest BCUT2D eigenvalue weighted by Gasteiger charge is 2.15. The van der Waals surface area contributed by atoms with Crippen molar-refractivity contribution in [2.24, 2.45) is 5.73 Å². The number of rotatable bonds is 5. The van der Waals surface area contributed by atoms with E-state index >= 15 is 0 Å². The van der Waals surface area contributed by atoms with Crippen LogP contribution >= 0.6 is 0 Å². The van der Waals surface area contributed by atoms with Gasteiger partial charge in [0.25, 0.3) is 0 Å². The molecule has 88 valence electrons. The smallest absolute Gasteiger partial charge is 0.0190 e. The molecule has 0 amide bonds. The number of hydrogen-bond acceptors (Lipinski definition) is 2. The summed E-state index contributed by atoms with van der Waals surface area (Å²) in [4.78, 5) is 2.53. The Morgan fingerprint density at radius 2 is 2.07 bits per heavy atom. The van der Waals surface area contributed by atoms with Crippen LogP contribution in [0.4, 0.5) is 0 Å². The lowest BCUT2D eigenvalue weighted by atomic mass is 10.1. The third-order valence-electron chi connectivity index (χ3n) is 3.16. The average molecular weight is 210 g/mol. The molecule has 2 nitrogen and oxygen atoms in total. The minimum atomic E-state index is 0.450. The van der Waals surface area contributed by atoms with E-state index in [1.165, 1.54) is 50.8 Å². The van der Waals surface area contributed by atoms with E-state index in [2.05, 4.69) is 24.8 Å². The Hall–Kier alpha value is -0.340. The van der Waals surface area contributed by atoms with Gasteiger partial charge in [-0.3, -0.25) is 4.90 Å². The van der Waals surface area contributed by atoms with Crippen LogP contribution in [0.3, 0.4) is 0 Å². The molecule has 0 radical (unpaired) electrons. The van der Waals surface area contributed by atoms with Gasteiger partial charge < -0.3 is 5.73 Å². The van der Waals surface area contributed by atoms with Crippen LogP contribution in [-0.2, 0) is 0 Å². The van der Waals surface area contributed by atoms with E-state index in [9.17, 15) is 0 Å². The maximum atomic E-state index is 5.88. The van der Waals surface area contributed by atoms with E-state index in [0.29, 0.717) is 6.04 Å². The van der Waals surface area contributed by atoms with Gasteiger partial charge in [0, 0.05) is 12.6 Å². The molecule has 0 saturated carbocycles. The first-order chi connectivity index (χ1) is 7.22. The number of nitrogens with zero attached hydrogens (tertiary/aromatic N) is 1. The Morgan fingerprint density at radius 3 is 2.67 bits per heavy atom. The second-order valence-corrected chi connectivity index (χ2v) is 4.81. The van der Waals surface area contributed by atoms with Crippen molar-refractivity contribution in [1.29, 1.82) is 0 Å². The lowest BCUT2D eigenvalue weighted by Gasteiger charge is -2.30. The number of unbranched alkanes of at least 4 members (excludes halogenated alkanes) is 2. The Kier molecular flexibility index (Phi) is 5.96. The molecule has 1 saturated heterocycles. The van der Waals surface area contributed by atoms with Gasteiger partial charge in [-0.25, -0.2) is 0 Å². The monoisotopic (exact) mass is 210 g/mol. The van der Waals surface area contributed by atoms with Crippen molar-refractivity contribution < 1.29 is 0 Å². The van der Waals surface area contributed by atoms with E-state index in [1.54, 1.807) is 0 Å². The van der Waals surface area contributed by atoms with Crippen LogP contribution in [0.2, 0.25) is 0 Å². The van der Waals surface area contributed by atoms with Crippen molar-refractivity contribution >= 4 is 0 Å². The van der Waals surface area contributed by atoms with Crippen LogP contribution in [0.15, 0.2) is 11.6 Å². The van der Waals surface area contributed by atoms with Crippen LogP contribution < -0.4 is 5.73 Å². The summed E-state index contributed by atoms with van der Waals surface area (Å²) in [5.74, 6) is 0. The molecule has 1 rings (SSSR count). The first-order valence-electron chi connectivity index (χ1n) is 6.36. The van der Waals surface area contributed by atoms with E-state index in [1.807, 2.05) is 0 Å². The summed E-state index contributed by atoms with van der Waals surface area (Å²) >= 11 is 0. The van der Waals surface area contributed by atoms with Crippen LogP contribution in [-0.4, -0.2) is 30.6 Å². The van der Waals surface area contributed by atoms with Gasteiger partial charge in [-0.1, -0.05) is 31.4 Å². The molecule has 0 aliphatic carbocycles. The quantitative estimate of drug-likeness (QED) is 0.558. The Bertz CT molecular complexity index is 191. The second kappa shape index (κ2) is 7.02. The van der Waals surface area contributed by atoms with E-state index < -0.39 is 0 Å². The summed E-state index contributed by atoms with van der Waals surface area (Å²) in [6.07, 6.45) is 8.60. The van der Waals surface area contributed by atoms with Crippen molar-refractivity contribution in [1.82, 2.24) is 4.90 Å². The Labute approximate surface area is 94.5 Å². The van der Waals surface area contributed by atoms with Gasteiger partial charge in [-0.05, 0) is 39.3 Å². The number of hydrogen-bond donors (Lipinski definition) is 1. The molecule has 2 heteroatoms. The highest BCUT2D eigenvalue weighted by Crippen LogP contribution is 2.10. The first-order valence-corrected chi connectivity index (χ1v) is 6.36. The van der Waals surface area contributed by atoms with Gasteiger partial charge in [0.1, 0.15) is 0 Å². The van der Waals surface area contributed by atoms with Crippen LogP contribution in [0, 0.1) is 0 Å². The molecule has 0 atom stereocenters. The van der Waals surface area contributed by atoms with E-state index in [4.69, 9.17) is 5.73 Å². The molecule has 0 aromatic carbocycles. The molecular formula is C13H26N2. The number of nitrogens with two attached hydrogens (primary N) is 1. The molecule has 0 aromatic heterocycles. The highest BCUT2D eigenvalue weighted by molar-refractivity contribution is 5.01. The van der Waals surface area contributed by atoms with Crippen molar-refractivity contribution in [3.8, 4) is 0 Å². The van der Waals surface area contributed by atoms with Gasteiger partial charge in [0.05, 0.1) is 0 Å². The van der Waals surface area contributed by atoms with Crippen molar-refractivity contribution in [2.45, 2.75) is 52.0 Å². The van der Waals surface area contributed by atoms with Gasteiger partial charge >= 0.3 is 0 Å². The predicted octanol–water partition coefficient (Wildman–Crippen LogP) is 2.55. The predicted molar refractivity (Wildman–Crippen MR) is 66.9 cm³/mol. The summed E-state index contributed by atoms with van der Waals surface area (Å²) in [5.41, 5.74) is 7.41. The molecular weight excluding hydrogens is 184 g/mol. The fourth-order valence-electron chi connectivity index (χ4n) is 2.08. The van der Waals surface area contributed by atoms with Crippen molar-refractivity contribution in [2.75, 3.05) is 19.6 Å². The zero-order valence-electron chi connectivity index (χ0n) is 10.3. The van der Waals surface area contributed by atoms with E-state index in [-0.39, 0.29) is 0 Å². The SMILES string of the molecule is CCCCC=C(C)CN1CCC(N)CC1. The van der Waals surface area contributed by atoms with Crippen molar-refractivity contribution in [3.63, 3.8) is 0 Å². The van der Waals surface area contributed by atoms with Crippen molar-refractivity contribution in [3.05, 3.63) is 11.6 Å². The standard InChI is InChI=1S/C13H26N2/c1-3-4-5-6-12(2)11-15-9-7-13(14)8-10-15/h6,13H,3-5,7-11,14H2,1-2H3. The minimum Gasteiger partial charge on any atom is -0.328 e. The highest BCUT2D eigenvalue weighted by atomic mass is 15.1. The summed E-state index contributed by atoms with van der Waals surface area (Å²) in [5, 5.41) is 0. The molecule has 0 aromatic rings. The first kappa shape index (κ1) is 12.7. The minimum absolute atomic E-state index is 0.450. The maximum Gasteiger partial charge on any atom is 0.0190 e. The topological polar surface area (TPSA) is 29.3 Å². The lowest BCUT2D eigenvalue weighted by Crippen LogP contribution is -2.40. The maximum absolute atomic E-state index is 5.88. The van der Waals surface area contributed by atoms with Gasteiger partial charge in [-0.2, -0.15) is 0 Å². The summed E-state index contributed by atoms with van der Waals surface area (Å²) in [6.45, 7) is 8.01.